The molecule has 0 aliphatic carbocycles. The number of aryl methyl sites for hydroxylation is 1. The van der Waals surface area contributed by atoms with Gasteiger partial charge in [0.25, 0.3) is 5.91 Å². The molecule has 2 saturated heterocycles. The molecule has 2 heterocycles. The molecule has 0 aromatic heterocycles. The second-order valence-electron chi connectivity index (χ2n) is 6.56. The van der Waals surface area contributed by atoms with Gasteiger partial charge in [0.2, 0.25) is 5.91 Å². The zero-order valence-corrected chi connectivity index (χ0v) is 15.7. The molecule has 0 bridgehead atoms. The molecule has 2 aliphatic rings. The van der Waals surface area contributed by atoms with Crippen LogP contribution in [0.3, 0.4) is 0 Å². The minimum absolute atomic E-state index is 0.00840. The van der Waals surface area contributed by atoms with E-state index < -0.39 is 5.38 Å². The molecule has 0 unspecified atom stereocenters. The summed E-state index contributed by atoms with van der Waals surface area (Å²) in [4.78, 5) is 28.7. The first kappa shape index (κ1) is 17.6. The summed E-state index contributed by atoms with van der Waals surface area (Å²) >= 11 is 7.78. The van der Waals surface area contributed by atoms with Gasteiger partial charge in [-0.05, 0) is 38.8 Å². The SMILES string of the molecule is Cc1ccc(C(=O)N2CCSC23CCN(C(=O)[C@H](C)Cl)CC3)cc1. The van der Waals surface area contributed by atoms with Crippen molar-refractivity contribution in [2.75, 3.05) is 25.4 Å². The largest absolute Gasteiger partial charge is 0.341 e. The van der Waals surface area contributed by atoms with E-state index in [4.69, 9.17) is 11.6 Å². The predicted molar refractivity (Wildman–Crippen MR) is 98.5 cm³/mol. The number of carbonyl (C=O) groups excluding carboxylic acids is 2. The number of halogens is 1. The van der Waals surface area contributed by atoms with Gasteiger partial charge in [0.15, 0.2) is 0 Å². The second-order valence-corrected chi connectivity index (χ2v) is 8.67. The molecule has 24 heavy (non-hydrogen) atoms. The molecular weight excluding hydrogens is 344 g/mol. The zero-order valence-electron chi connectivity index (χ0n) is 14.1. The van der Waals surface area contributed by atoms with E-state index in [0.717, 1.165) is 36.3 Å². The van der Waals surface area contributed by atoms with E-state index in [9.17, 15) is 9.59 Å². The van der Waals surface area contributed by atoms with E-state index in [0.29, 0.717) is 13.1 Å². The van der Waals surface area contributed by atoms with E-state index in [-0.39, 0.29) is 16.7 Å². The molecule has 4 nitrogen and oxygen atoms in total. The van der Waals surface area contributed by atoms with Crippen molar-refractivity contribution in [1.29, 1.82) is 0 Å². The molecule has 1 spiro atoms. The fraction of sp³-hybridized carbons (Fsp3) is 0.556. The number of hydrogen-bond donors (Lipinski definition) is 0. The first-order valence-corrected chi connectivity index (χ1v) is 9.81. The van der Waals surface area contributed by atoms with E-state index in [1.165, 1.54) is 0 Å². The average molecular weight is 367 g/mol. The summed E-state index contributed by atoms with van der Waals surface area (Å²) in [5.74, 6) is 1.05. The first-order valence-electron chi connectivity index (χ1n) is 8.38. The lowest BCUT2D eigenvalue weighted by molar-refractivity contribution is -0.132. The molecule has 2 amide bonds. The maximum Gasteiger partial charge on any atom is 0.254 e. The number of carbonyl (C=O) groups is 2. The van der Waals surface area contributed by atoms with E-state index in [2.05, 4.69) is 0 Å². The Hall–Kier alpha value is -1.20. The van der Waals surface area contributed by atoms with Crippen LogP contribution in [0.5, 0.6) is 0 Å². The third kappa shape index (κ3) is 3.29. The summed E-state index contributed by atoms with van der Waals surface area (Å²) in [6, 6.07) is 7.77. The van der Waals surface area contributed by atoms with Crippen LogP contribution in [0.25, 0.3) is 0 Å². The number of hydrogen-bond acceptors (Lipinski definition) is 3. The van der Waals surface area contributed by atoms with Crippen LogP contribution in [0.4, 0.5) is 0 Å². The van der Waals surface area contributed by atoms with Crippen LogP contribution in [-0.2, 0) is 4.79 Å². The van der Waals surface area contributed by atoms with Crippen molar-refractivity contribution in [1.82, 2.24) is 9.80 Å². The van der Waals surface area contributed by atoms with Crippen LogP contribution < -0.4 is 0 Å². The van der Waals surface area contributed by atoms with Crippen molar-refractivity contribution in [3.8, 4) is 0 Å². The highest BCUT2D eigenvalue weighted by Crippen LogP contribution is 2.44. The molecule has 0 N–H and O–H groups in total. The number of alkyl halides is 1. The average Bonchev–Trinajstić information content (AvgIpc) is 2.98. The quantitative estimate of drug-likeness (QED) is 0.755. The third-order valence-electron chi connectivity index (χ3n) is 4.92. The van der Waals surface area contributed by atoms with Crippen LogP contribution in [0.15, 0.2) is 24.3 Å². The lowest BCUT2D eigenvalue weighted by Gasteiger charge is -2.44. The van der Waals surface area contributed by atoms with E-state index in [1.807, 2.05) is 52.8 Å². The number of benzene rings is 1. The van der Waals surface area contributed by atoms with Gasteiger partial charge in [-0.15, -0.1) is 23.4 Å². The van der Waals surface area contributed by atoms with Gasteiger partial charge in [-0.1, -0.05) is 17.7 Å². The summed E-state index contributed by atoms with van der Waals surface area (Å²) in [5.41, 5.74) is 1.90. The minimum atomic E-state index is -0.486. The smallest absolute Gasteiger partial charge is 0.254 e. The standard InChI is InChI=1S/C18H23ClN2O2S/c1-13-3-5-15(6-4-13)17(23)21-11-12-24-18(21)7-9-20(10-8-18)16(22)14(2)19/h3-6,14H,7-12H2,1-2H3/t14-/m0/s1. The molecule has 3 rings (SSSR count). The van der Waals surface area contributed by atoms with Gasteiger partial charge in [-0.25, -0.2) is 0 Å². The van der Waals surface area contributed by atoms with Crippen LogP contribution >= 0.6 is 23.4 Å². The van der Waals surface area contributed by atoms with Gasteiger partial charge in [-0.2, -0.15) is 0 Å². The Balaban J connectivity index is 1.73. The van der Waals surface area contributed by atoms with Gasteiger partial charge in [-0.3, -0.25) is 9.59 Å². The summed E-state index contributed by atoms with van der Waals surface area (Å²) < 4.78 is 0. The van der Waals surface area contributed by atoms with Crippen molar-refractivity contribution in [2.45, 2.75) is 36.9 Å². The maximum absolute atomic E-state index is 13.0. The number of likely N-dealkylation sites (tertiary alicyclic amines) is 1. The number of rotatable bonds is 2. The number of piperidine rings is 1. The van der Waals surface area contributed by atoms with Gasteiger partial charge >= 0.3 is 0 Å². The molecular formula is C18H23ClN2O2S. The zero-order chi connectivity index (χ0) is 17.3. The lowest BCUT2D eigenvalue weighted by Crippen LogP contribution is -2.54. The van der Waals surface area contributed by atoms with Crippen molar-refractivity contribution >= 4 is 35.2 Å². The van der Waals surface area contributed by atoms with Crippen LogP contribution in [0.2, 0.25) is 0 Å². The predicted octanol–water partition coefficient (Wildman–Crippen LogP) is 3.13. The van der Waals surface area contributed by atoms with Gasteiger partial charge < -0.3 is 9.80 Å². The molecule has 2 aliphatic heterocycles. The summed E-state index contributed by atoms with van der Waals surface area (Å²) in [6.07, 6.45) is 1.62. The maximum atomic E-state index is 13.0. The first-order chi connectivity index (χ1) is 11.4. The highest BCUT2D eigenvalue weighted by atomic mass is 35.5. The lowest BCUT2D eigenvalue weighted by atomic mass is 10.0. The Morgan fingerprint density at radius 1 is 1.17 bits per heavy atom. The van der Waals surface area contributed by atoms with Gasteiger partial charge in [0.05, 0.1) is 4.87 Å². The van der Waals surface area contributed by atoms with Crippen molar-refractivity contribution < 1.29 is 9.59 Å². The molecule has 2 fully saturated rings. The Labute approximate surface area is 152 Å². The Morgan fingerprint density at radius 2 is 1.79 bits per heavy atom. The minimum Gasteiger partial charge on any atom is -0.341 e. The normalized spacial score (nSPS) is 21.1. The Bertz CT molecular complexity index is 624. The van der Waals surface area contributed by atoms with Crippen LogP contribution in [-0.4, -0.2) is 57.2 Å². The van der Waals surface area contributed by atoms with Crippen LogP contribution in [0, 0.1) is 6.92 Å². The molecule has 1 atom stereocenters. The van der Waals surface area contributed by atoms with E-state index in [1.54, 1.807) is 6.92 Å². The fourth-order valence-corrected chi connectivity index (χ4v) is 5.08. The highest BCUT2D eigenvalue weighted by molar-refractivity contribution is 8.00. The molecule has 6 heteroatoms. The highest BCUT2D eigenvalue weighted by Gasteiger charge is 2.47. The monoisotopic (exact) mass is 366 g/mol. The van der Waals surface area contributed by atoms with Crippen molar-refractivity contribution in [3.05, 3.63) is 35.4 Å². The van der Waals surface area contributed by atoms with Gasteiger partial charge in [0.1, 0.15) is 5.38 Å². The number of amides is 2. The topological polar surface area (TPSA) is 40.6 Å². The third-order valence-corrected chi connectivity index (χ3v) is 6.66. The molecule has 0 saturated carbocycles. The number of thioether (sulfide) groups is 1. The summed E-state index contributed by atoms with van der Waals surface area (Å²) in [7, 11) is 0. The summed E-state index contributed by atoms with van der Waals surface area (Å²) in [5, 5.41) is -0.486. The Morgan fingerprint density at radius 3 is 2.38 bits per heavy atom. The number of nitrogens with zero attached hydrogens (tertiary/aromatic N) is 2. The molecule has 0 radical (unpaired) electrons. The van der Waals surface area contributed by atoms with E-state index >= 15 is 0 Å². The second kappa shape index (κ2) is 6.96. The Kier molecular flexibility index (Phi) is 5.11. The van der Waals surface area contributed by atoms with Crippen molar-refractivity contribution in [3.63, 3.8) is 0 Å². The molecule has 130 valence electrons. The van der Waals surface area contributed by atoms with Crippen molar-refractivity contribution in [2.24, 2.45) is 0 Å². The molecule has 1 aromatic rings. The molecule has 1 aromatic carbocycles. The van der Waals surface area contributed by atoms with Gasteiger partial charge in [0, 0.05) is 31.0 Å². The fourth-order valence-electron chi connectivity index (χ4n) is 3.49. The van der Waals surface area contributed by atoms with Crippen LogP contribution in [0.1, 0.15) is 35.7 Å². The summed E-state index contributed by atoms with van der Waals surface area (Å²) in [6.45, 7) is 5.84.